The zero-order chi connectivity index (χ0) is 25.8. The smallest absolute Gasteiger partial charge is 0.137 e. The Labute approximate surface area is 218 Å². The molecule has 192 valence electrons. The summed E-state index contributed by atoms with van der Waals surface area (Å²) in [5.74, 6) is 0.408. The highest BCUT2D eigenvalue weighted by molar-refractivity contribution is 5.55. The number of nitrogens with one attached hydrogen (secondary N) is 1. The highest BCUT2D eigenvalue weighted by Crippen LogP contribution is 2.41. The van der Waals surface area contributed by atoms with Crippen molar-refractivity contribution < 1.29 is 8.78 Å². The fraction of sp³-hybridized carbons (Fsp3) is 0.323. The van der Waals surface area contributed by atoms with E-state index in [0.717, 1.165) is 79.5 Å². The first kappa shape index (κ1) is 25.3. The van der Waals surface area contributed by atoms with Crippen molar-refractivity contribution in [1.82, 2.24) is 19.8 Å². The van der Waals surface area contributed by atoms with E-state index in [-0.39, 0.29) is 11.6 Å². The number of imidazole rings is 1. The highest BCUT2D eigenvalue weighted by Gasteiger charge is 2.41. The minimum absolute atomic E-state index is 0.248. The number of aromatic nitrogens is 2. The van der Waals surface area contributed by atoms with Crippen LogP contribution in [0.3, 0.4) is 0 Å². The van der Waals surface area contributed by atoms with Crippen molar-refractivity contribution >= 4 is 0 Å². The van der Waals surface area contributed by atoms with Crippen molar-refractivity contribution in [3.63, 3.8) is 0 Å². The lowest BCUT2D eigenvalue weighted by atomic mass is 9.77. The number of aromatic amines is 1. The number of benzene rings is 3. The largest absolute Gasteiger partial charge is 0.342 e. The molecular formula is C31H34F2N4. The number of aryl methyl sites for hydroxylation is 1. The van der Waals surface area contributed by atoms with Crippen LogP contribution in [0.5, 0.6) is 0 Å². The molecule has 0 radical (unpaired) electrons. The van der Waals surface area contributed by atoms with Gasteiger partial charge < -0.3 is 4.98 Å². The molecular weight excluding hydrogens is 466 g/mol. The third-order valence-electron chi connectivity index (χ3n) is 7.57. The first-order valence-corrected chi connectivity index (χ1v) is 13.1. The summed E-state index contributed by atoms with van der Waals surface area (Å²) in [5.41, 5.74) is 4.91. The molecule has 6 heteroatoms. The summed E-state index contributed by atoms with van der Waals surface area (Å²) in [7, 11) is 0. The summed E-state index contributed by atoms with van der Waals surface area (Å²) < 4.78 is 27.8. The van der Waals surface area contributed by atoms with Crippen molar-refractivity contribution in [2.45, 2.75) is 38.8 Å². The van der Waals surface area contributed by atoms with Gasteiger partial charge in [0, 0.05) is 44.0 Å². The van der Waals surface area contributed by atoms with E-state index in [0.29, 0.717) is 0 Å². The van der Waals surface area contributed by atoms with E-state index in [4.69, 9.17) is 4.98 Å². The molecule has 0 amide bonds. The Morgan fingerprint density at radius 3 is 1.92 bits per heavy atom. The number of nitrogens with zero attached hydrogens (tertiary/aromatic N) is 3. The van der Waals surface area contributed by atoms with Gasteiger partial charge in [0.05, 0.1) is 11.2 Å². The lowest BCUT2D eigenvalue weighted by Crippen LogP contribution is -2.55. The summed E-state index contributed by atoms with van der Waals surface area (Å²) in [6, 6.07) is 23.9. The number of hydrogen-bond acceptors (Lipinski definition) is 3. The van der Waals surface area contributed by atoms with Crippen molar-refractivity contribution in [3.8, 4) is 11.4 Å². The van der Waals surface area contributed by atoms with Gasteiger partial charge in [-0.05, 0) is 48.7 Å². The molecule has 4 nitrogen and oxygen atoms in total. The van der Waals surface area contributed by atoms with E-state index in [1.54, 1.807) is 0 Å². The maximum absolute atomic E-state index is 13.9. The van der Waals surface area contributed by atoms with Gasteiger partial charge in [-0.25, -0.2) is 13.8 Å². The van der Waals surface area contributed by atoms with Gasteiger partial charge in [0.2, 0.25) is 0 Å². The van der Waals surface area contributed by atoms with Crippen LogP contribution < -0.4 is 0 Å². The Balaban J connectivity index is 1.38. The van der Waals surface area contributed by atoms with Crippen molar-refractivity contribution in [2.75, 3.05) is 26.2 Å². The Morgan fingerprint density at radius 2 is 1.38 bits per heavy atom. The van der Waals surface area contributed by atoms with Gasteiger partial charge in [0.15, 0.2) is 0 Å². The number of hydrogen-bond donors (Lipinski definition) is 1. The van der Waals surface area contributed by atoms with Gasteiger partial charge >= 0.3 is 0 Å². The van der Waals surface area contributed by atoms with E-state index in [1.807, 2.05) is 42.5 Å². The van der Waals surface area contributed by atoms with Gasteiger partial charge in [-0.15, -0.1) is 0 Å². The summed E-state index contributed by atoms with van der Waals surface area (Å²) in [6.07, 6.45) is 1.81. The van der Waals surface area contributed by atoms with E-state index < -0.39 is 5.54 Å². The molecule has 1 saturated heterocycles. The zero-order valence-corrected chi connectivity index (χ0v) is 21.6. The molecule has 4 aromatic rings. The Morgan fingerprint density at radius 1 is 0.811 bits per heavy atom. The molecule has 1 N–H and O–H groups in total. The molecule has 3 aromatic carbocycles. The molecule has 0 bridgehead atoms. The molecule has 0 spiro atoms. The minimum atomic E-state index is -0.440. The third-order valence-corrected chi connectivity index (χ3v) is 7.57. The molecule has 5 rings (SSSR count). The third kappa shape index (κ3) is 5.22. The van der Waals surface area contributed by atoms with Gasteiger partial charge in [-0.2, -0.15) is 0 Å². The first-order valence-electron chi connectivity index (χ1n) is 13.1. The van der Waals surface area contributed by atoms with Gasteiger partial charge in [-0.1, -0.05) is 67.9 Å². The van der Waals surface area contributed by atoms with Crippen LogP contribution in [0.25, 0.3) is 11.4 Å². The Kier molecular flexibility index (Phi) is 7.49. The highest BCUT2D eigenvalue weighted by atomic mass is 19.1. The average molecular weight is 501 g/mol. The van der Waals surface area contributed by atoms with E-state index in [2.05, 4.69) is 40.8 Å². The molecule has 0 aliphatic carbocycles. The SMILES string of the molecule is CCCC(c1ccc(F)cc1)(c1ccc(F)cc1)N1CCN(Cc2nc(-c3ccccc3)[nH]c2C)CC1. The van der Waals surface area contributed by atoms with Crippen molar-refractivity contribution in [2.24, 2.45) is 0 Å². The minimum Gasteiger partial charge on any atom is -0.342 e. The fourth-order valence-electron chi connectivity index (χ4n) is 5.67. The van der Waals surface area contributed by atoms with Gasteiger partial charge in [0.25, 0.3) is 0 Å². The molecule has 37 heavy (non-hydrogen) atoms. The lowest BCUT2D eigenvalue weighted by molar-refractivity contribution is 0.0432. The van der Waals surface area contributed by atoms with Crippen LogP contribution in [0, 0.1) is 18.6 Å². The van der Waals surface area contributed by atoms with Crippen LogP contribution in [0.15, 0.2) is 78.9 Å². The summed E-state index contributed by atoms with van der Waals surface area (Å²) in [6.45, 7) is 8.52. The molecule has 0 atom stereocenters. The molecule has 0 unspecified atom stereocenters. The number of H-pyrrole nitrogens is 1. The number of piperazine rings is 1. The maximum atomic E-state index is 13.9. The van der Waals surface area contributed by atoms with Crippen LogP contribution in [0.4, 0.5) is 8.78 Å². The quantitative estimate of drug-likeness (QED) is 0.299. The Hall–Kier alpha value is -3.35. The van der Waals surface area contributed by atoms with Crippen molar-refractivity contribution in [3.05, 3.63) is 113 Å². The van der Waals surface area contributed by atoms with Crippen LogP contribution in [0.2, 0.25) is 0 Å². The summed E-state index contributed by atoms with van der Waals surface area (Å²) >= 11 is 0. The lowest BCUT2D eigenvalue weighted by Gasteiger charge is -2.49. The van der Waals surface area contributed by atoms with Gasteiger partial charge in [0.1, 0.15) is 17.5 Å². The molecule has 1 aliphatic heterocycles. The van der Waals surface area contributed by atoms with Gasteiger partial charge in [-0.3, -0.25) is 9.80 Å². The predicted octanol–water partition coefficient (Wildman–Crippen LogP) is 6.52. The standard InChI is InChI=1S/C31H34F2N4/c1-3-17-31(25-9-13-27(32)14-10-25,26-11-15-28(33)16-12-26)37-20-18-36(19-21-37)22-29-23(2)34-30(35-29)24-7-5-4-6-8-24/h4-16H,3,17-22H2,1-2H3,(H,34,35). The molecule has 1 aromatic heterocycles. The second-order valence-electron chi connectivity index (χ2n) is 9.91. The zero-order valence-electron chi connectivity index (χ0n) is 21.6. The van der Waals surface area contributed by atoms with Crippen LogP contribution in [-0.2, 0) is 12.1 Å². The maximum Gasteiger partial charge on any atom is 0.137 e. The van der Waals surface area contributed by atoms with E-state index >= 15 is 0 Å². The van der Waals surface area contributed by atoms with E-state index in [9.17, 15) is 8.78 Å². The predicted molar refractivity (Wildman–Crippen MR) is 144 cm³/mol. The second-order valence-corrected chi connectivity index (χ2v) is 9.91. The molecule has 0 saturated carbocycles. The van der Waals surface area contributed by atoms with Crippen LogP contribution in [-0.4, -0.2) is 45.9 Å². The van der Waals surface area contributed by atoms with Crippen LogP contribution >= 0.6 is 0 Å². The second kappa shape index (κ2) is 11.0. The average Bonchev–Trinajstić information content (AvgIpc) is 3.29. The Bertz CT molecular complexity index is 1250. The topological polar surface area (TPSA) is 35.2 Å². The molecule has 1 fully saturated rings. The van der Waals surface area contributed by atoms with Crippen LogP contribution in [0.1, 0.15) is 42.3 Å². The monoisotopic (exact) mass is 500 g/mol. The summed E-state index contributed by atoms with van der Waals surface area (Å²) in [4.78, 5) is 13.3. The van der Waals surface area contributed by atoms with E-state index in [1.165, 1.54) is 24.3 Å². The fourth-order valence-corrected chi connectivity index (χ4v) is 5.67. The number of halogens is 2. The number of rotatable bonds is 8. The molecule has 2 heterocycles. The molecule has 1 aliphatic rings. The first-order chi connectivity index (χ1) is 18.0. The normalized spacial score (nSPS) is 15.2. The van der Waals surface area contributed by atoms with Crippen molar-refractivity contribution in [1.29, 1.82) is 0 Å². The summed E-state index contributed by atoms with van der Waals surface area (Å²) in [5, 5.41) is 0.